The molecule has 0 fully saturated rings. The highest BCUT2D eigenvalue weighted by Crippen LogP contribution is 2.45. The van der Waals surface area contributed by atoms with Crippen LogP contribution in [0.1, 0.15) is 51.9 Å². The number of rotatable bonds is 7. The predicted octanol–water partition coefficient (Wildman–Crippen LogP) is 5.59. The second kappa shape index (κ2) is 9.70. The highest BCUT2D eigenvalue weighted by atomic mass is 127. The summed E-state index contributed by atoms with van der Waals surface area (Å²) in [5.41, 5.74) is -1.05. The molecule has 0 saturated carbocycles. The van der Waals surface area contributed by atoms with Gasteiger partial charge in [0.15, 0.2) is 0 Å². The van der Waals surface area contributed by atoms with Crippen molar-refractivity contribution in [2.45, 2.75) is 60.2 Å². The largest absolute Gasteiger partial charge is 0.462 e. The summed E-state index contributed by atoms with van der Waals surface area (Å²) < 4.78 is 28.3. The lowest BCUT2D eigenvalue weighted by Crippen LogP contribution is -2.54. The maximum atomic E-state index is 14.7. The van der Waals surface area contributed by atoms with Gasteiger partial charge in [-0.25, -0.2) is 9.18 Å². The van der Waals surface area contributed by atoms with E-state index >= 15 is 0 Å². The summed E-state index contributed by atoms with van der Waals surface area (Å²) in [5, 5.41) is 0.296. The van der Waals surface area contributed by atoms with E-state index in [2.05, 4.69) is 47.7 Å². The number of benzene rings is 1. The van der Waals surface area contributed by atoms with E-state index in [-0.39, 0.29) is 23.5 Å². The lowest BCUT2D eigenvalue weighted by Gasteiger charge is -2.50. The topological polar surface area (TPSA) is 57.5 Å². The normalized spacial score (nSPS) is 14.3. The number of carbonyl (C=O) groups excluding carboxylic acids is 1. The van der Waals surface area contributed by atoms with Crippen LogP contribution in [0.5, 0.6) is 0 Å². The van der Waals surface area contributed by atoms with Crippen LogP contribution in [0.3, 0.4) is 0 Å². The van der Waals surface area contributed by atoms with Gasteiger partial charge in [-0.15, -0.1) is 0 Å². The molecule has 0 spiro atoms. The Kier molecular flexibility index (Phi) is 8.13. The van der Waals surface area contributed by atoms with E-state index in [4.69, 9.17) is 9.16 Å². The molecule has 1 aromatic carbocycles. The summed E-state index contributed by atoms with van der Waals surface area (Å²) in [6.45, 7) is 16.8. The fourth-order valence-corrected chi connectivity index (χ4v) is 5.19. The average Bonchev–Trinajstić information content (AvgIpc) is 2.63. The molecule has 0 saturated heterocycles. The van der Waals surface area contributed by atoms with Gasteiger partial charge in [-0.05, 0) is 66.1 Å². The minimum absolute atomic E-state index is 0.0513. The molecule has 0 N–H and O–H groups in total. The van der Waals surface area contributed by atoms with Crippen LogP contribution in [-0.2, 0) is 14.7 Å². The number of hydrogen-bond donors (Lipinski definition) is 0. The number of pyridine rings is 1. The molecule has 5 nitrogen and oxygen atoms in total. The van der Waals surface area contributed by atoms with Crippen molar-refractivity contribution in [1.82, 2.24) is 4.57 Å². The SMILES string of the molecule is CCOC(=O)c1cn(C(CO[Si](C)C)(C(C)C)C(C)(C)C)c2cc(F)c(I)cc2c1=O. The van der Waals surface area contributed by atoms with Gasteiger partial charge in [0, 0.05) is 15.2 Å². The Morgan fingerprint density at radius 3 is 2.35 bits per heavy atom. The standard InChI is InChI=1S/C23H32FINO4Si/c1-9-29-21(28)16-12-26(19-11-17(24)18(25)10-15(19)20(16)27)23(14(2)3,22(4,5)6)13-30-31(7)8/h10-12,14H,9,13H2,1-8H3. The van der Waals surface area contributed by atoms with E-state index in [1.165, 1.54) is 12.1 Å². The van der Waals surface area contributed by atoms with Gasteiger partial charge in [-0.3, -0.25) is 4.79 Å². The number of ether oxygens (including phenoxy) is 1. The van der Waals surface area contributed by atoms with Gasteiger partial charge >= 0.3 is 5.97 Å². The average molecular weight is 561 g/mol. The summed E-state index contributed by atoms with van der Waals surface area (Å²) in [7, 11) is -1.02. The number of nitrogens with zero attached hydrogens (tertiary/aromatic N) is 1. The van der Waals surface area contributed by atoms with Crippen molar-refractivity contribution in [3.05, 3.63) is 43.5 Å². The molecule has 0 aliphatic heterocycles. The fourth-order valence-electron chi connectivity index (χ4n) is 4.22. The molecule has 2 rings (SSSR count). The van der Waals surface area contributed by atoms with Crippen LogP contribution >= 0.6 is 22.6 Å². The Hall–Kier alpha value is -1.26. The molecule has 0 aliphatic rings. The predicted molar refractivity (Wildman–Crippen MR) is 133 cm³/mol. The van der Waals surface area contributed by atoms with Crippen LogP contribution in [0.25, 0.3) is 10.9 Å². The minimum atomic E-state index is -1.02. The molecule has 1 atom stereocenters. The zero-order chi connectivity index (χ0) is 23.7. The minimum Gasteiger partial charge on any atom is -0.462 e. The quantitative estimate of drug-likeness (QED) is 0.252. The molecule has 31 heavy (non-hydrogen) atoms. The summed E-state index contributed by atoms with van der Waals surface area (Å²) in [4.78, 5) is 25.9. The van der Waals surface area contributed by atoms with Crippen LogP contribution in [-0.4, -0.2) is 32.8 Å². The lowest BCUT2D eigenvalue weighted by atomic mass is 9.67. The number of aromatic nitrogens is 1. The molecule has 1 radical (unpaired) electrons. The third-order valence-corrected chi connectivity index (χ3v) is 7.35. The van der Waals surface area contributed by atoms with Gasteiger partial charge in [-0.2, -0.15) is 0 Å². The molecule has 1 aromatic heterocycles. The van der Waals surface area contributed by atoms with Crippen LogP contribution in [0.4, 0.5) is 4.39 Å². The molecular weight excluding hydrogens is 528 g/mol. The number of fused-ring (bicyclic) bond motifs is 1. The second-order valence-corrected chi connectivity index (χ2v) is 12.5. The van der Waals surface area contributed by atoms with Crippen molar-refractivity contribution < 1.29 is 18.3 Å². The monoisotopic (exact) mass is 560 g/mol. The summed E-state index contributed by atoms with van der Waals surface area (Å²) in [5.74, 6) is -1.03. The van der Waals surface area contributed by atoms with Gasteiger partial charge in [0.2, 0.25) is 14.5 Å². The zero-order valence-electron chi connectivity index (χ0n) is 19.6. The first-order valence-electron chi connectivity index (χ1n) is 10.4. The lowest BCUT2D eigenvalue weighted by molar-refractivity contribution is -0.00204. The smallest absolute Gasteiger partial charge is 0.343 e. The third-order valence-electron chi connectivity index (χ3n) is 5.81. The Morgan fingerprint density at radius 2 is 1.87 bits per heavy atom. The molecule has 0 amide bonds. The van der Waals surface area contributed by atoms with Crippen LogP contribution in [0.2, 0.25) is 13.1 Å². The molecule has 0 aliphatic carbocycles. The first kappa shape index (κ1) is 26.0. The Bertz CT molecular complexity index is 1030. The third kappa shape index (κ3) is 4.90. The Labute approximate surface area is 199 Å². The molecule has 2 aromatic rings. The summed E-state index contributed by atoms with van der Waals surface area (Å²) in [6.07, 6.45) is 1.54. The van der Waals surface area contributed by atoms with Crippen molar-refractivity contribution in [3.63, 3.8) is 0 Å². The zero-order valence-corrected chi connectivity index (χ0v) is 22.7. The highest BCUT2D eigenvalue weighted by molar-refractivity contribution is 14.1. The van der Waals surface area contributed by atoms with Crippen LogP contribution in [0.15, 0.2) is 23.1 Å². The van der Waals surface area contributed by atoms with Crippen molar-refractivity contribution in [2.75, 3.05) is 13.2 Å². The van der Waals surface area contributed by atoms with Crippen LogP contribution < -0.4 is 5.43 Å². The van der Waals surface area contributed by atoms with Crippen molar-refractivity contribution in [2.24, 2.45) is 11.3 Å². The maximum absolute atomic E-state index is 14.7. The van der Waals surface area contributed by atoms with E-state index in [0.29, 0.717) is 21.1 Å². The van der Waals surface area contributed by atoms with Gasteiger partial charge in [0.25, 0.3) is 0 Å². The van der Waals surface area contributed by atoms with Gasteiger partial charge in [-0.1, -0.05) is 34.6 Å². The van der Waals surface area contributed by atoms with Gasteiger partial charge < -0.3 is 13.7 Å². The molecule has 1 unspecified atom stereocenters. The Balaban J connectivity index is 3.07. The fraction of sp³-hybridized carbons (Fsp3) is 0.565. The molecule has 171 valence electrons. The van der Waals surface area contributed by atoms with E-state index < -0.39 is 31.8 Å². The molecule has 0 bridgehead atoms. The molecule has 8 heteroatoms. The number of halogens is 2. The maximum Gasteiger partial charge on any atom is 0.343 e. The second-order valence-electron chi connectivity index (χ2n) is 9.27. The Morgan fingerprint density at radius 1 is 1.26 bits per heavy atom. The molecule has 1 heterocycles. The van der Waals surface area contributed by atoms with E-state index in [1.54, 1.807) is 13.1 Å². The number of carbonyl (C=O) groups is 1. The van der Waals surface area contributed by atoms with Crippen molar-refractivity contribution in [1.29, 1.82) is 0 Å². The van der Waals surface area contributed by atoms with Crippen molar-refractivity contribution >= 4 is 48.5 Å². The van der Waals surface area contributed by atoms with Gasteiger partial charge in [0.1, 0.15) is 11.4 Å². The summed E-state index contributed by atoms with van der Waals surface area (Å²) >= 11 is 1.86. The number of esters is 1. The first-order chi connectivity index (χ1) is 14.3. The summed E-state index contributed by atoms with van der Waals surface area (Å²) in [6, 6.07) is 2.90. The molecular formula is C23H32FINO4Si. The first-order valence-corrected chi connectivity index (χ1v) is 13.9. The van der Waals surface area contributed by atoms with Crippen molar-refractivity contribution in [3.8, 4) is 0 Å². The van der Waals surface area contributed by atoms with E-state index in [0.717, 1.165) is 0 Å². The highest BCUT2D eigenvalue weighted by Gasteiger charge is 2.47. The van der Waals surface area contributed by atoms with Gasteiger partial charge in [0.05, 0.1) is 24.3 Å². The van der Waals surface area contributed by atoms with E-state index in [1.807, 2.05) is 27.2 Å². The number of hydrogen-bond acceptors (Lipinski definition) is 4. The van der Waals surface area contributed by atoms with Crippen LogP contribution in [0, 0.1) is 20.7 Å². The van der Waals surface area contributed by atoms with E-state index in [9.17, 15) is 14.0 Å².